The second-order valence-electron chi connectivity index (χ2n) is 10.3. The molecule has 2 aromatic rings. The Kier molecular flexibility index (Phi) is 11.0. The van der Waals surface area contributed by atoms with E-state index in [0.29, 0.717) is 5.56 Å². The molecule has 10 nitrogen and oxygen atoms in total. The molecule has 0 bridgehead atoms. The molecule has 2 aromatic carbocycles. The van der Waals surface area contributed by atoms with Crippen LogP contribution >= 0.6 is 0 Å². The van der Waals surface area contributed by atoms with Crippen LogP contribution < -0.4 is 16.4 Å². The molecule has 2 rings (SSSR count). The fourth-order valence-corrected chi connectivity index (χ4v) is 3.86. The smallest absolute Gasteiger partial charge is 0.408 e. The van der Waals surface area contributed by atoms with Gasteiger partial charge in [0.25, 0.3) is 0 Å². The van der Waals surface area contributed by atoms with E-state index in [1.54, 1.807) is 32.9 Å². The highest BCUT2D eigenvalue weighted by molar-refractivity contribution is 5.92. The third-order valence-corrected chi connectivity index (χ3v) is 5.91. The number of alkyl carbamates (subject to hydrolysis) is 1. The lowest BCUT2D eigenvalue weighted by atomic mass is 9.98. The molecular weight excluding hydrogens is 498 g/mol. The summed E-state index contributed by atoms with van der Waals surface area (Å²) in [5.74, 6) is -1.89. The lowest BCUT2D eigenvalue weighted by molar-refractivity contribution is -0.142. The normalized spacial score (nSPS) is 12.4. The summed E-state index contributed by atoms with van der Waals surface area (Å²) in [6.07, 6.45) is -1.22. The molecule has 0 spiro atoms. The minimum atomic E-state index is -1.27. The Morgan fingerprint density at radius 3 is 2.28 bits per heavy atom. The molecule has 2 atom stereocenters. The van der Waals surface area contributed by atoms with Crippen molar-refractivity contribution < 1.29 is 23.9 Å². The van der Waals surface area contributed by atoms with Gasteiger partial charge in [-0.25, -0.2) is 4.79 Å². The van der Waals surface area contributed by atoms with E-state index < -0.39 is 48.0 Å². The number of primary amides is 1. The number of nitrogens with two attached hydrogens (primary N) is 1. The second kappa shape index (κ2) is 14.0. The molecule has 39 heavy (non-hydrogen) atoms. The lowest BCUT2D eigenvalue weighted by Gasteiger charge is -2.33. The number of nitriles is 1. The largest absolute Gasteiger partial charge is 0.444 e. The van der Waals surface area contributed by atoms with Gasteiger partial charge in [0, 0.05) is 13.0 Å². The zero-order valence-electron chi connectivity index (χ0n) is 23.1. The van der Waals surface area contributed by atoms with Crippen molar-refractivity contribution in [3.63, 3.8) is 0 Å². The van der Waals surface area contributed by atoms with Gasteiger partial charge in [0.15, 0.2) is 0 Å². The Bertz CT molecular complexity index is 1220. The molecule has 2 unspecified atom stereocenters. The van der Waals surface area contributed by atoms with Crippen LogP contribution in [0.1, 0.15) is 61.9 Å². The highest BCUT2D eigenvalue weighted by Gasteiger charge is 2.36. The van der Waals surface area contributed by atoms with E-state index in [-0.39, 0.29) is 19.4 Å². The number of amides is 4. The molecule has 0 aromatic heterocycles. The number of aryl methyl sites for hydroxylation is 2. The molecule has 10 heteroatoms. The second-order valence-corrected chi connectivity index (χ2v) is 10.3. The summed E-state index contributed by atoms with van der Waals surface area (Å²) in [7, 11) is 0. The van der Waals surface area contributed by atoms with E-state index in [1.165, 1.54) is 0 Å². The van der Waals surface area contributed by atoms with Crippen molar-refractivity contribution in [3.8, 4) is 6.07 Å². The lowest BCUT2D eigenvalue weighted by Crippen LogP contribution is -2.53. The van der Waals surface area contributed by atoms with Crippen LogP contribution in [0, 0.1) is 25.2 Å². The number of benzene rings is 2. The molecule has 0 aliphatic carbocycles. The van der Waals surface area contributed by atoms with E-state index in [0.717, 1.165) is 21.6 Å². The first-order chi connectivity index (χ1) is 18.3. The number of carbonyl (C=O) groups excluding carboxylic acids is 4. The Morgan fingerprint density at radius 2 is 1.72 bits per heavy atom. The van der Waals surface area contributed by atoms with Gasteiger partial charge in [-0.1, -0.05) is 48.5 Å². The summed E-state index contributed by atoms with van der Waals surface area (Å²) < 4.78 is 5.29. The van der Waals surface area contributed by atoms with Gasteiger partial charge in [0.05, 0.1) is 6.07 Å². The van der Waals surface area contributed by atoms with E-state index >= 15 is 0 Å². The maximum absolute atomic E-state index is 13.9. The average molecular weight is 536 g/mol. The molecule has 0 aliphatic heterocycles. The maximum Gasteiger partial charge on any atom is 0.408 e. The fourth-order valence-electron chi connectivity index (χ4n) is 3.86. The first-order valence-corrected chi connectivity index (χ1v) is 12.7. The standard InChI is InChI=1S/C29H37N5O5/c1-19-11-12-22(17-20(19)2)25(26(36)32-18-21-9-7-6-8-10-21)34(16-15-30)27(37)23(13-14-24(31)35)33-28(38)39-29(3,4)5/h6-12,17,23,25H,13-14,16,18H2,1-5H3,(H2,31,35)(H,32,36)(H,33,38). The third-order valence-electron chi connectivity index (χ3n) is 5.91. The highest BCUT2D eigenvalue weighted by Crippen LogP contribution is 2.25. The van der Waals surface area contributed by atoms with Gasteiger partial charge in [0.2, 0.25) is 17.7 Å². The molecule has 0 heterocycles. The number of rotatable bonds is 11. The Labute approximate surface area is 229 Å². The van der Waals surface area contributed by atoms with Crippen molar-refractivity contribution >= 4 is 23.8 Å². The minimum absolute atomic E-state index is 0.138. The van der Waals surface area contributed by atoms with E-state index in [4.69, 9.17) is 10.5 Å². The van der Waals surface area contributed by atoms with Crippen LogP contribution in [0.2, 0.25) is 0 Å². The summed E-state index contributed by atoms with van der Waals surface area (Å²) in [5, 5.41) is 15.0. The van der Waals surface area contributed by atoms with Crippen molar-refractivity contribution in [1.82, 2.24) is 15.5 Å². The molecule has 4 amide bonds. The van der Waals surface area contributed by atoms with E-state index in [9.17, 15) is 24.4 Å². The van der Waals surface area contributed by atoms with Gasteiger partial charge >= 0.3 is 6.09 Å². The number of ether oxygens (including phenoxy) is 1. The van der Waals surface area contributed by atoms with Crippen molar-refractivity contribution in [2.24, 2.45) is 5.73 Å². The van der Waals surface area contributed by atoms with Crippen LogP contribution in [0.15, 0.2) is 48.5 Å². The molecule has 0 aliphatic rings. The van der Waals surface area contributed by atoms with Gasteiger partial charge in [-0.3, -0.25) is 14.4 Å². The van der Waals surface area contributed by atoms with E-state index in [1.807, 2.05) is 56.3 Å². The fraction of sp³-hybridized carbons (Fsp3) is 0.414. The van der Waals surface area contributed by atoms with Crippen LogP contribution in [0.4, 0.5) is 4.79 Å². The van der Waals surface area contributed by atoms with E-state index in [2.05, 4.69) is 10.6 Å². The summed E-state index contributed by atoms with van der Waals surface area (Å²) in [4.78, 5) is 52.7. The first kappa shape index (κ1) is 30.8. The number of hydrogen-bond donors (Lipinski definition) is 3. The summed E-state index contributed by atoms with van der Waals surface area (Å²) in [5.41, 5.74) is 7.71. The molecule has 0 radical (unpaired) electrons. The molecule has 0 saturated heterocycles. The molecule has 4 N–H and O–H groups in total. The highest BCUT2D eigenvalue weighted by atomic mass is 16.6. The maximum atomic E-state index is 13.9. The van der Waals surface area contributed by atoms with Crippen LogP contribution in [0.25, 0.3) is 0 Å². The van der Waals surface area contributed by atoms with Crippen LogP contribution in [0.3, 0.4) is 0 Å². The van der Waals surface area contributed by atoms with Gasteiger partial charge in [0.1, 0.15) is 24.2 Å². The predicted octanol–water partition coefficient (Wildman–Crippen LogP) is 3.17. The SMILES string of the molecule is Cc1ccc(C(C(=O)NCc2ccccc2)N(CC#N)C(=O)C(CCC(N)=O)NC(=O)OC(C)(C)C)cc1C. The summed E-state index contributed by atoms with van der Waals surface area (Å²) >= 11 is 0. The zero-order chi connectivity index (χ0) is 29.2. The van der Waals surface area contributed by atoms with Crippen LogP contribution in [-0.2, 0) is 25.7 Å². The quantitative estimate of drug-likeness (QED) is 0.376. The Balaban J connectivity index is 2.48. The predicted molar refractivity (Wildman–Crippen MR) is 146 cm³/mol. The van der Waals surface area contributed by atoms with Crippen molar-refractivity contribution in [2.45, 2.75) is 71.7 Å². The summed E-state index contributed by atoms with van der Waals surface area (Å²) in [6, 6.07) is 14.1. The first-order valence-electron chi connectivity index (χ1n) is 12.7. The molecule has 0 fully saturated rings. The third kappa shape index (κ3) is 9.78. The monoisotopic (exact) mass is 535 g/mol. The van der Waals surface area contributed by atoms with Crippen molar-refractivity contribution in [3.05, 3.63) is 70.8 Å². The Morgan fingerprint density at radius 1 is 1.05 bits per heavy atom. The average Bonchev–Trinajstić information content (AvgIpc) is 2.86. The molecular formula is C29H37N5O5. The number of carbonyl (C=O) groups is 4. The number of nitrogens with zero attached hydrogens (tertiary/aromatic N) is 2. The minimum Gasteiger partial charge on any atom is -0.444 e. The number of hydrogen-bond acceptors (Lipinski definition) is 6. The van der Waals surface area contributed by atoms with Crippen LogP contribution in [-0.4, -0.2) is 46.9 Å². The van der Waals surface area contributed by atoms with Gasteiger partial charge in [-0.2, -0.15) is 5.26 Å². The number of nitrogens with one attached hydrogen (secondary N) is 2. The van der Waals surface area contributed by atoms with Gasteiger partial charge < -0.3 is 26.0 Å². The zero-order valence-corrected chi connectivity index (χ0v) is 23.1. The van der Waals surface area contributed by atoms with Crippen molar-refractivity contribution in [1.29, 1.82) is 5.26 Å². The topological polar surface area (TPSA) is 155 Å². The van der Waals surface area contributed by atoms with Gasteiger partial charge in [-0.05, 0) is 63.3 Å². The van der Waals surface area contributed by atoms with Crippen LogP contribution in [0.5, 0.6) is 0 Å². The van der Waals surface area contributed by atoms with Crippen molar-refractivity contribution in [2.75, 3.05) is 6.54 Å². The molecule has 208 valence electrons. The molecule has 0 saturated carbocycles. The van der Waals surface area contributed by atoms with Gasteiger partial charge in [-0.15, -0.1) is 0 Å². The summed E-state index contributed by atoms with van der Waals surface area (Å²) in [6.45, 7) is 8.57. The Hall–Kier alpha value is -4.39.